The molecule has 3 nitrogen and oxygen atoms in total. The molecule has 0 bridgehead atoms. The van der Waals surface area contributed by atoms with Crippen LogP contribution in [-0.2, 0) is 0 Å². The Kier molecular flexibility index (Phi) is 7.15. The molecule has 1 rings (SSSR count). The minimum atomic E-state index is 0.242. The first-order valence-corrected chi connectivity index (χ1v) is 8.77. The van der Waals surface area contributed by atoms with Gasteiger partial charge in [-0.05, 0) is 77.7 Å². The average molecular weight is 298 g/mol. The van der Waals surface area contributed by atoms with Crippen molar-refractivity contribution in [2.75, 3.05) is 40.8 Å². The summed E-state index contributed by atoms with van der Waals surface area (Å²) in [7, 11) is 6.59. The van der Waals surface area contributed by atoms with Crippen LogP contribution >= 0.6 is 0 Å². The Hall–Kier alpha value is -0.120. The zero-order chi connectivity index (χ0) is 16.1. The largest absolute Gasteiger partial charge is 0.329 e. The van der Waals surface area contributed by atoms with Crippen molar-refractivity contribution in [2.24, 2.45) is 17.1 Å². The van der Waals surface area contributed by atoms with E-state index in [1.165, 1.54) is 38.5 Å². The van der Waals surface area contributed by atoms with Crippen molar-refractivity contribution in [3.05, 3.63) is 0 Å². The zero-order valence-corrected chi connectivity index (χ0v) is 15.4. The minimum absolute atomic E-state index is 0.242. The van der Waals surface area contributed by atoms with Gasteiger partial charge in [0.15, 0.2) is 0 Å². The Bertz CT molecular complexity index is 295. The number of hydrogen-bond donors (Lipinski definition) is 1. The fraction of sp³-hybridized carbons (Fsp3) is 1.00. The van der Waals surface area contributed by atoms with Gasteiger partial charge in [-0.25, -0.2) is 0 Å². The van der Waals surface area contributed by atoms with E-state index in [-0.39, 0.29) is 5.54 Å². The second-order valence-corrected chi connectivity index (χ2v) is 8.50. The van der Waals surface area contributed by atoms with Crippen LogP contribution in [0.5, 0.6) is 0 Å². The van der Waals surface area contributed by atoms with Crippen molar-refractivity contribution in [2.45, 2.75) is 64.8 Å². The van der Waals surface area contributed by atoms with Crippen molar-refractivity contribution in [1.29, 1.82) is 0 Å². The molecule has 2 atom stereocenters. The van der Waals surface area contributed by atoms with E-state index in [9.17, 15) is 0 Å². The van der Waals surface area contributed by atoms with Crippen LogP contribution in [-0.4, -0.2) is 56.1 Å². The zero-order valence-electron chi connectivity index (χ0n) is 15.4. The third-order valence-electron chi connectivity index (χ3n) is 5.67. The second kappa shape index (κ2) is 7.94. The molecule has 0 aliphatic heterocycles. The van der Waals surface area contributed by atoms with Crippen molar-refractivity contribution in [1.82, 2.24) is 9.80 Å². The molecule has 0 amide bonds. The van der Waals surface area contributed by atoms with Gasteiger partial charge in [0.05, 0.1) is 0 Å². The maximum atomic E-state index is 6.24. The molecular formula is C18H39N3. The molecule has 0 radical (unpaired) electrons. The normalized spacial score (nSPS) is 28.1. The highest BCUT2D eigenvalue weighted by Gasteiger charge is 2.37. The summed E-state index contributed by atoms with van der Waals surface area (Å²) >= 11 is 0. The fourth-order valence-corrected chi connectivity index (χ4v) is 3.86. The lowest BCUT2D eigenvalue weighted by Gasteiger charge is -2.41. The van der Waals surface area contributed by atoms with Gasteiger partial charge < -0.3 is 10.6 Å². The standard InChI is InChI=1S/C18H39N3/c1-17(2,3)16-9-7-11-18(15-19,12-10-16)21(6)14-8-13-20(4)5/h16H,7-15,19H2,1-6H3. The molecule has 0 aromatic carbocycles. The van der Waals surface area contributed by atoms with Crippen molar-refractivity contribution < 1.29 is 0 Å². The van der Waals surface area contributed by atoms with Crippen LogP contribution < -0.4 is 5.73 Å². The fourth-order valence-electron chi connectivity index (χ4n) is 3.86. The maximum absolute atomic E-state index is 6.24. The third-order valence-corrected chi connectivity index (χ3v) is 5.67. The second-order valence-electron chi connectivity index (χ2n) is 8.50. The smallest absolute Gasteiger partial charge is 0.0328 e. The molecule has 126 valence electrons. The van der Waals surface area contributed by atoms with Gasteiger partial charge in [0.1, 0.15) is 0 Å². The third kappa shape index (κ3) is 5.54. The summed E-state index contributed by atoms with van der Waals surface area (Å²) in [6, 6.07) is 0. The highest BCUT2D eigenvalue weighted by atomic mass is 15.2. The van der Waals surface area contributed by atoms with E-state index in [1.54, 1.807) is 0 Å². The predicted octanol–water partition coefficient (Wildman–Crippen LogP) is 3.19. The SMILES string of the molecule is CN(C)CCCN(C)C1(CN)CCCC(C(C)(C)C)CC1. The summed E-state index contributed by atoms with van der Waals surface area (Å²) in [5, 5.41) is 0. The summed E-state index contributed by atoms with van der Waals surface area (Å²) in [5.41, 5.74) is 6.92. The summed E-state index contributed by atoms with van der Waals surface area (Å²) in [6.07, 6.45) is 7.80. The monoisotopic (exact) mass is 297 g/mol. The number of nitrogens with two attached hydrogens (primary N) is 1. The molecule has 1 fully saturated rings. The molecule has 0 saturated heterocycles. The lowest BCUT2D eigenvalue weighted by Crippen LogP contribution is -2.52. The first-order chi connectivity index (χ1) is 9.71. The Morgan fingerprint density at radius 2 is 1.71 bits per heavy atom. The quantitative estimate of drug-likeness (QED) is 0.764. The number of nitrogens with zero attached hydrogens (tertiary/aromatic N) is 2. The molecular weight excluding hydrogens is 258 g/mol. The van der Waals surface area contributed by atoms with E-state index >= 15 is 0 Å². The van der Waals surface area contributed by atoms with E-state index in [0.29, 0.717) is 5.41 Å². The van der Waals surface area contributed by atoms with E-state index in [0.717, 1.165) is 25.6 Å². The molecule has 0 heterocycles. The molecule has 0 aromatic heterocycles. The Morgan fingerprint density at radius 1 is 1.05 bits per heavy atom. The molecule has 0 spiro atoms. The van der Waals surface area contributed by atoms with Gasteiger partial charge in [-0.1, -0.05) is 27.2 Å². The van der Waals surface area contributed by atoms with Crippen molar-refractivity contribution in [3.63, 3.8) is 0 Å². The van der Waals surface area contributed by atoms with Gasteiger partial charge in [0.2, 0.25) is 0 Å². The van der Waals surface area contributed by atoms with Crippen LogP contribution in [0.3, 0.4) is 0 Å². The molecule has 3 heteroatoms. The molecule has 21 heavy (non-hydrogen) atoms. The first kappa shape index (κ1) is 18.9. The summed E-state index contributed by atoms with van der Waals surface area (Å²) in [4.78, 5) is 4.84. The molecule has 0 aromatic rings. The molecule has 2 unspecified atom stereocenters. The Balaban J connectivity index is 2.63. The lowest BCUT2D eigenvalue weighted by molar-refractivity contribution is 0.0985. The van der Waals surface area contributed by atoms with E-state index in [2.05, 4.69) is 51.7 Å². The predicted molar refractivity (Wildman–Crippen MR) is 93.6 cm³/mol. The number of hydrogen-bond acceptors (Lipinski definition) is 3. The molecule has 1 aliphatic rings. The number of likely N-dealkylation sites (N-methyl/N-ethyl adjacent to an activating group) is 1. The minimum Gasteiger partial charge on any atom is -0.329 e. The highest BCUT2D eigenvalue weighted by Crippen LogP contribution is 2.41. The van der Waals surface area contributed by atoms with Crippen LogP contribution in [0.4, 0.5) is 0 Å². The van der Waals surface area contributed by atoms with Gasteiger partial charge in [-0.3, -0.25) is 4.90 Å². The lowest BCUT2D eigenvalue weighted by atomic mass is 9.76. The summed E-state index contributed by atoms with van der Waals surface area (Å²) < 4.78 is 0. The van der Waals surface area contributed by atoms with E-state index in [1.807, 2.05) is 0 Å². The molecule has 2 N–H and O–H groups in total. The van der Waals surface area contributed by atoms with Gasteiger partial charge in [0.25, 0.3) is 0 Å². The van der Waals surface area contributed by atoms with E-state index in [4.69, 9.17) is 5.73 Å². The Morgan fingerprint density at radius 3 is 2.24 bits per heavy atom. The van der Waals surface area contributed by atoms with Gasteiger partial charge in [0, 0.05) is 12.1 Å². The highest BCUT2D eigenvalue weighted by molar-refractivity contribution is 4.94. The average Bonchev–Trinajstić information content (AvgIpc) is 2.60. The van der Waals surface area contributed by atoms with Crippen LogP contribution in [0, 0.1) is 11.3 Å². The van der Waals surface area contributed by atoms with Crippen LogP contribution in [0.2, 0.25) is 0 Å². The van der Waals surface area contributed by atoms with Crippen molar-refractivity contribution >= 4 is 0 Å². The van der Waals surface area contributed by atoms with E-state index < -0.39 is 0 Å². The summed E-state index contributed by atoms with van der Waals surface area (Å²) in [5.74, 6) is 0.848. The molecule has 1 saturated carbocycles. The van der Waals surface area contributed by atoms with Gasteiger partial charge >= 0.3 is 0 Å². The summed E-state index contributed by atoms with van der Waals surface area (Å²) in [6.45, 7) is 10.3. The van der Waals surface area contributed by atoms with Crippen LogP contribution in [0.15, 0.2) is 0 Å². The molecule has 1 aliphatic carbocycles. The topological polar surface area (TPSA) is 32.5 Å². The van der Waals surface area contributed by atoms with Crippen LogP contribution in [0.25, 0.3) is 0 Å². The number of rotatable bonds is 6. The Labute approximate surface area is 133 Å². The van der Waals surface area contributed by atoms with Gasteiger partial charge in [-0.2, -0.15) is 0 Å². The van der Waals surface area contributed by atoms with Crippen molar-refractivity contribution in [3.8, 4) is 0 Å². The van der Waals surface area contributed by atoms with Gasteiger partial charge in [-0.15, -0.1) is 0 Å². The first-order valence-electron chi connectivity index (χ1n) is 8.77. The van der Waals surface area contributed by atoms with Crippen LogP contribution in [0.1, 0.15) is 59.3 Å². The maximum Gasteiger partial charge on any atom is 0.0328 e.